The lowest BCUT2D eigenvalue weighted by Crippen LogP contribution is -2.20. The molecule has 1 saturated carbocycles. The van der Waals surface area contributed by atoms with Crippen LogP contribution in [0.15, 0.2) is 57.7 Å². The molecule has 0 radical (unpaired) electrons. The predicted octanol–water partition coefficient (Wildman–Crippen LogP) is 3.62. The minimum Gasteiger partial charge on any atom is -0.423 e. The number of amides is 1. The van der Waals surface area contributed by atoms with Gasteiger partial charge in [0.25, 0.3) is 0 Å². The molecule has 0 saturated heterocycles. The van der Waals surface area contributed by atoms with Crippen LogP contribution in [-0.4, -0.2) is 13.0 Å². The standard InChI is InChI=1S/C21H19NO3/c1-12-5-3-4-6-14(12)17-11-20(23)25-19-9-13(7-8-15(17)19)16-10-18(16)21(24)22-2/h3-9,11,16,18H,10H2,1-2H3,(H,22,24). The van der Waals surface area contributed by atoms with Crippen LogP contribution in [-0.2, 0) is 4.79 Å². The topological polar surface area (TPSA) is 59.3 Å². The molecule has 1 amide bonds. The highest BCUT2D eigenvalue weighted by Crippen LogP contribution is 2.48. The van der Waals surface area contributed by atoms with Gasteiger partial charge in [0.2, 0.25) is 5.91 Å². The summed E-state index contributed by atoms with van der Waals surface area (Å²) in [5.74, 6) is 0.297. The summed E-state index contributed by atoms with van der Waals surface area (Å²) < 4.78 is 5.45. The Balaban J connectivity index is 1.82. The summed E-state index contributed by atoms with van der Waals surface area (Å²) in [5.41, 5.74) is 4.29. The molecule has 3 aromatic rings. The van der Waals surface area contributed by atoms with E-state index >= 15 is 0 Å². The number of nitrogens with one attached hydrogen (secondary N) is 1. The SMILES string of the molecule is CNC(=O)C1CC1c1ccc2c(-c3ccccc3C)cc(=O)oc2c1. The van der Waals surface area contributed by atoms with Crippen molar-refractivity contribution in [3.8, 4) is 11.1 Å². The Kier molecular flexibility index (Phi) is 3.68. The molecule has 25 heavy (non-hydrogen) atoms. The lowest BCUT2D eigenvalue weighted by atomic mass is 9.96. The average molecular weight is 333 g/mol. The van der Waals surface area contributed by atoms with Crippen LogP contribution >= 0.6 is 0 Å². The zero-order valence-electron chi connectivity index (χ0n) is 14.2. The quantitative estimate of drug-likeness (QED) is 0.745. The second-order valence-electron chi connectivity index (χ2n) is 6.61. The van der Waals surface area contributed by atoms with E-state index in [2.05, 4.69) is 5.32 Å². The van der Waals surface area contributed by atoms with E-state index < -0.39 is 0 Å². The van der Waals surface area contributed by atoms with Crippen molar-refractivity contribution in [2.24, 2.45) is 5.92 Å². The lowest BCUT2D eigenvalue weighted by molar-refractivity contribution is -0.121. The first-order chi connectivity index (χ1) is 12.1. The van der Waals surface area contributed by atoms with Crippen LogP contribution in [0.5, 0.6) is 0 Å². The molecule has 0 bridgehead atoms. The molecule has 4 rings (SSSR count). The van der Waals surface area contributed by atoms with Crippen molar-refractivity contribution in [3.63, 3.8) is 0 Å². The van der Waals surface area contributed by atoms with E-state index in [1.165, 1.54) is 0 Å². The molecule has 0 aliphatic heterocycles. The van der Waals surface area contributed by atoms with Gasteiger partial charge in [-0.1, -0.05) is 36.4 Å². The normalized spacial score (nSPS) is 19.0. The number of hydrogen-bond acceptors (Lipinski definition) is 3. The first kappa shape index (κ1) is 15.6. The number of hydrogen-bond donors (Lipinski definition) is 1. The molecule has 1 aromatic heterocycles. The minimum absolute atomic E-state index is 0.0220. The Bertz CT molecular complexity index is 1030. The van der Waals surface area contributed by atoms with Gasteiger partial charge < -0.3 is 9.73 Å². The van der Waals surface area contributed by atoms with E-state index in [1.54, 1.807) is 13.1 Å². The van der Waals surface area contributed by atoms with Gasteiger partial charge in [0, 0.05) is 30.0 Å². The van der Waals surface area contributed by atoms with E-state index in [0.29, 0.717) is 5.58 Å². The van der Waals surface area contributed by atoms with Gasteiger partial charge in [-0.25, -0.2) is 4.79 Å². The summed E-state index contributed by atoms with van der Waals surface area (Å²) in [5, 5.41) is 3.61. The smallest absolute Gasteiger partial charge is 0.336 e. The van der Waals surface area contributed by atoms with Crippen LogP contribution in [0, 0.1) is 12.8 Å². The summed E-state index contributed by atoms with van der Waals surface area (Å²) in [6.07, 6.45) is 0.840. The molecule has 1 heterocycles. The molecular weight excluding hydrogens is 314 g/mol. The largest absolute Gasteiger partial charge is 0.423 e. The van der Waals surface area contributed by atoms with E-state index in [0.717, 1.165) is 34.1 Å². The molecule has 1 aliphatic rings. The molecule has 4 heteroatoms. The van der Waals surface area contributed by atoms with E-state index in [9.17, 15) is 9.59 Å². The van der Waals surface area contributed by atoms with Crippen molar-refractivity contribution in [2.45, 2.75) is 19.3 Å². The molecule has 2 unspecified atom stereocenters. The summed E-state index contributed by atoms with van der Waals surface area (Å²) in [7, 11) is 1.66. The van der Waals surface area contributed by atoms with Crippen molar-refractivity contribution in [3.05, 3.63) is 70.1 Å². The Morgan fingerprint density at radius 2 is 1.92 bits per heavy atom. The zero-order valence-corrected chi connectivity index (χ0v) is 14.2. The second kappa shape index (κ2) is 5.88. The predicted molar refractivity (Wildman–Crippen MR) is 97.6 cm³/mol. The highest BCUT2D eigenvalue weighted by Gasteiger charge is 2.43. The summed E-state index contributed by atoms with van der Waals surface area (Å²) >= 11 is 0. The van der Waals surface area contributed by atoms with E-state index in [1.807, 2.05) is 49.4 Å². The number of rotatable bonds is 3. The van der Waals surface area contributed by atoms with Gasteiger partial charge in [0.1, 0.15) is 5.58 Å². The summed E-state index contributed by atoms with van der Waals surface area (Å²) in [6.45, 7) is 2.03. The summed E-state index contributed by atoms with van der Waals surface area (Å²) in [6, 6.07) is 15.5. The van der Waals surface area contributed by atoms with Crippen LogP contribution in [0.3, 0.4) is 0 Å². The van der Waals surface area contributed by atoms with Gasteiger partial charge in [0.15, 0.2) is 0 Å². The molecule has 0 spiro atoms. The third kappa shape index (κ3) is 2.74. The molecule has 126 valence electrons. The maximum Gasteiger partial charge on any atom is 0.336 e. The fraction of sp³-hybridized carbons (Fsp3) is 0.238. The van der Waals surface area contributed by atoms with Crippen molar-refractivity contribution in [1.82, 2.24) is 5.32 Å². The Hall–Kier alpha value is -2.88. The van der Waals surface area contributed by atoms with Gasteiger partial charge in [-0.05, 0) is 42.0 Å². The van der Waals surface area contributed by atoms with Crippen molar-refractivity contribution in [2.75, 3.05) is 7.05 Å². The van der Waals surface area contributed by atoms with Crippen LogP contribution in [0.25, 0.3) is 22.1 Å². The molecular formula is C21H19NO3. The summed E-state index contributed by atoms with van der Waals surface area (Å²) in [4.78, 5) is 23.8. The highest BCUT2D eigenvalue weighted by molar-refractivity contribution is 5.94. The monoisotopic (exact) mass is 333 g/mol. The van der Waals surface area contributed by atoms with Gasteiger partial charge >= 0.3 is 5.63 Å². The van der Waals surface area contributed by atoms with Crippen LogP contribution < -0.4 is 10.9 Å². The molecule has 2 atom stereocenters. The van der Waals surface area contributed by atoms with Crippen LogP contribution in [0.4, 0.5) is 0 Å². The number of benzene rings is 2. The number of carbonyl (C=O) groups excluding carboxylic acids is 1. The van der Waals surface area contributed by atoms with Crippen molar-refractivity contribution < 1.29 is 9.21 Å². The average Bonchev–Trinajstić information content (AvgIpc) is 3.41. The molecule has 1 aliphatic carbocycles. The zero-order chi connectivity index (χ0) is 17.6. The number of carbonyl (C=O) groups is 1. The Morgan fingerprint density at radius 1 is 1.12 bits per heavy atom. The minimum atomic E-state index is -0.360. The van der Waals surface area contributed by atoms with E-state index in [4.69, 9.17) is 4.42 Å². The number of aryl methyl sites for hydroxylation is 1. The Morgan fingerprint density at radius 3 is 2.68 bits per heavy atom. The third-order valence-corrected chi connectivity index (χ3v) is 5.01. The molecule has 1 fully saturated rings. The van der Waals surface area contributed by atoms with Gasteiger partial charge in [0.05, 0.1) is 0 Å². The highest BCUT2D eigenvalue weighted by atomic mass is 16.4. The van der Waals surface area contributed by atoms with Gasteiger partial charge in [-0.2, -0.15) is 0 Å². The Labute approximate surface area is 145 Å². The fourth-order valence-electron chi connectivity index (χ4n) is 3.55. The van der Waals surface area contributed by atoms with E-state index in [-0.39, 0.29) is 23.4 Å². The lowest BCUT2D eigenvalue weighted by Gasteiger charge is -2.10. The maximum absolute atomic E-state index is 12.1. The van der Waals surface area contributed by atoms with Crippen LogP contribution in [0.1, 0.15) is 23.5 Å². The maximum atomic E-state index is 12.1. The fourth-order valence-corrected chi connectivity index (χ4v) is 3.55. The molecule has 2 aromatic carbocycles. The first-order valence-electron chi connectivity index (χ1n) is 8.44. The van der Waals surface area contributed by atoms with Crippen molar-refractivity contribution in [1.29, 1.82) is 0 Å². The third-order valence-electron chi connectivity index (χ3n) is 5.01. The number of fused-ring (bicyclic) bond motifs is 1. The second-order valence-corrected chi connectivity index (χ2v) is 6.61. The molecule has 1 N–H and O–H groups in total. The van der Waals surface area contributed by atoms with Gasteiger partial charge in [-0.15, -0.1) is 0 Å². The van der Waals surface area contributed by atoms with Crippen molar-refractivity contribution >= 4 is 16.9 Å². The first-order valence-corrected chi connectivity index (χ1v) is 8.44. The van der Waals surface area contributed by atoms with Gasteiger partial charge in [-0.3, -0.25) is 4.79 Å². The molecule has 4 nitrogen and oxygen atoms in total. The van der Waals surface area contributed by atoms with Crippen LogP contribution in [0.2, 0.25) is 0 Å².